The number of hydrogen-bond donors (Lipinski definition) is 0. The van der Waals surface area contributed by atoms with Gasteiger partial charge in [-0.15, -0.1) is 11.6 Å². The zero-order chi connectivity index (χ0) is 11.4. The van der Waals surface area contributed by atoms with Crippen LogP contribution in [0.15, 0.2) is 24.3 Å². The van der Waals surface area contributed by atoms with Gasteiger partial charge in [0.25, 0.3) is 0 Å². The lowest BCUT2D eigenvalue weighted by atomic mass is 9.98. The number of hydrogen-bond acceptors (Lipinski definition) is 2. The number of ether oxygens (including phenoxy) is 2. The van der Waals surface area contributed by atoms with Gasteiger partial charge in [-0.2, -0.15) is 0 Å². The van der Waals surface area contributed by atoms with Crippen LogP contribution in [0, 0.1) is 5.92 Å². The zero-order valence-electron chi connectivity index (χ0n) is 9.49. The zero-order valence-corrected chi connectivity index (χ0v) is 10.2. The van der Waals surface area contributed by atoms with Crippen LogP contribution in [-0.2, 0) is 11.2 Å². The number of rotatable bonds is 4. The van der Waals surface area contributed by atoms with E-state index in [4.69, 9.17) is 21.1 Å². The van der Waals surface area contributed by atoms with Gasteiger partial charge < -0.3 is 9.47 Å². The maximum atomic E-state index is 6.40. The van der Waals surface area contributed by atoms with Crippen molar-refractivity contribution < 1.29 is 9.47 Å². The second-order valence-corrected chi connectivity index (χ2v) is 4.76. The molecule has 0 bridgehead atoms. The summed E-state index contributed by atoms with van der Waals surface area (Å²) < 4.78 is 10.5. The van der Waals surface area contributed by atoms with Crippen molar-refractivity contribution >= 4 is 11.6 Å². The number of methoxy groups -OCH3 is 1. The van der Waals surface area contributed by atoms with Gasteiger partial charge in [0.2, 0.25) is 0 Å². The minimum Gasteiger partial charge on any atom is -0.497 e. The van der Waals surface area contributed by atoms with Gasteiger partial charge in [-0.1, -0.05) is 12.1 Å². The predicted octanol–water partition coefficient (Wildman–Crippen LogP) is 2.88. The van der Waals surface area contributed by atoms with Crippen LogP contribution in [0.2, 0.25) is 0 Å². The molecule has 0 aliphatic carbocycles. The molecule has 88 valence electrons. The van der Waals surface area contributed by atoms with Crippen molar-refractivity contribution in [1.29, 1.82) is 0 Å². The molecule has 0 saturated carbocycles. The maximum Gasteiger partial charge on any atom is 0.119 e. The third kappa shape index (κ3) is 2.89. The van der Waals surface area contributed by atoms with E-state index in [1.807, 2.05) is 18.2 Å². The minimum absolute atomic E-state index is 0.162. The molecule has 2 rings (SSSR count). The van der Waals surface area contributed by atoms with Crippen LogP contribution in [0.3, 0.4) is 0 Å². The summed E-state index contributed by atoms with van der Waals surface area (Å²) in [5, 5.41) is 0.162. The topological polar surface area (TPSA) is 18.5 Å². The van der Waals surface area contributed by atoms with E-state index in [1.54, 1.807) is 7.11 Å². The second kappa shape index (κ2) is 5.55. The summed E-state index contributed by atoms with van der Waals surface area (Å²) in [4.78, 5) is 0. The van der Waals surface area contributed by atoms with E-state index in [1.165, 1.54) is 5.56 Å². The highest BCUT2D eigenvalue weighted by atomic mass is 35.5. The van der Waals surface area contributed by atoms with Crippen LogP contribution < -0.4 is 4.74 Å². The Hall–Kier alpha value is -0.730. The van der Waals surface area contributed by atoms with Gasteiger partial charge in [0, 0.05) is 17.9 Å². The normalized spacial score (nSPS) is 22.0. The van der Waals surface area contributed by atoms with Gasteiger partial charge in [-0.3, -0.25) is 0 Å². The van der Waals surface area contributed by atoms with Crippen molar-refractivity contribution in [1.82, 2.24) is 0 Å². The van der Waals surface area contributed by atoms with Crippen LogP contribution in [0.1, 0.15) is 12.0 Å². The van der Waals surface area contributed by atoms with Crippen molar-refractivity contribution in [2.75, 3.05) is 20.3 Å². The fourth-order valence-electron chi connectivity index (χ4n) is 2.03. The highest BCUT2D eigenvalue weighted by Gasteiger charge is 2.24. The van der Waals surface area contributed by atoms with Crippen molar-refractivity contribution in [3.05, 3.63) is 29.8 Å². The maximum absolute atomic E-state index is 6.40. The van der Waals surface area contributed by atoms with E-state index >= 15 is 0 Å². The Kier molecular flexibility index (Phi) is 4.08. The van der Waals surface area contributed by atoms with E-state index in [9.17, 15) is 0 Å². The van der Waals surface area contributed by atoms with Crippen molar-refractivity contribution in [3.63, 3.8) is 0 Å². The molecule has 1 saturated heterocycles. The molecule has 0 radical (unpaired) electrons. The number of halogens is 1. The van der Waals surface area contributed by atoms with Crippen LogP contribution >= 0.6 is 11.6 Å². The van der Waals surface area contributed by atoms with Crippen LogP contribution in [0.25, 0.3) is 0 Å². The standard InChI is InChI=1S/C13H17ClO2/c1-15-12-4-2-3-10(7-12)8-13(14)11-5-6-16-9-11/h2-4,7,11,13H,5-6,8-9H2,1H3. The molecular weight excluding hydrogens is 224 g/mol. The SMILES string of the molecule is COc1cccc(CC(Cl)C2CCOC2)c1. The average molecular weight is 241 g/mol. The van der Waals surface area contributed by atoms with E-state index in [-0.39, 0.29) is 5.38 Å². The molecular formula is C13H17ClO2. The molecule has 16 heavy (non-hydrogen) atoms. The van der Waals surface area contributed by atoms with Crippen molar-refractivity contribution in [2.45, 2.75) is 18.2 Å². The van der Waals surface area contributed by atoms with Crippen LogP contribution in [0.4, 0.5) is 0 Å². The first-order valence-electron chi connectivity index (χ1n) is 5.64. The molecule has 1 aliphatic heterocycles. The van der Waals surface area contributed by atoms with Gasteiger partial charge >= 0.3 is 0 Å². The van der Waals surface area contributed by atoms with Crippen LogP contribution in [-0.4, -0.2) is 25.7 Å². The molecule has 2 atom stereocenters. The predicted molar refractivity (Wildman–Crippen MR) is 65.3 cm³/mol. The van der Waals surface area contributed by atoms with Crippen molar-refractivity contribution in [2.24, 2.45) is 5.92 Å². The summed E-state index contributed by atoms with van der Waals surface area (Å²) >= 11 is 6.40. The van der Waals surface area contributed by atoms with E-state index in [0.717, 1.165) is 31.8 Å². The van der Waals surface area contributed by atoms with E-state index in [0.29, 0.717) is 5.92 Å². The highest BCUT2D eigenvalue weighted by molar-refractivity contribution is 6.20. The summed E-state index contributed by atoms with van der Waals surface area (Å²) in [6.07, 6.45) is 1.96. The molecule has 0 aromatic heterocycles. The fraction of sp³-hybridized carbons (Fsp3) is 0.538. The van der Waals surface area contributed by atoms with Gasteiger partial charge in [0.15, 0.2) is 0 Å². The molecule has 1 fully saturated rings. The Morgan fingerprint density at radius 2 is 2.44 bits per heavy atom. The summed E-state index contributed by atoms with van der Waals surface area (Å²) in [5.41, 5.74) is 1.23. The third-order valence-electron chi connectivity index (χ3n) is 3.04. The monoisotopic (exact) mass is 240 g/mol. The van der Waals surface area contributed by atoms with Crippen molar-refractivity contribution in [3.8, 4) is 5.75 Å². The van der Waals surface area contributed by atoms with Gasteiger partial charge in [-0.25, -0.2) is 0 Å². The molecule has 3 heteroatoms. The molecule has 0 amide bonds. The average Bonchev–Trinajstić information content (AvgIpc) is 2.83. The van der Waals surface area contributed by atoms with E-state index < -0.39 is 0 Å². The minimum atomic E-state index is 0.162. The smallest absolute Gasteiger partial charge is 0.119 e. The molecule has 1 heterocycles. The van der Waals surface area contributed by atoms with E-state index in [2.05, 4.69) is 6.07 Å². The molecule has 0 spiro atoms. The Morgan fingerprint density at radius 1 is 1.56 bits per heavy atom. The molecule has 2 nitrogen and oxygen atoms in total. The first-order valence-corrected chi connectivity index (χ1v) is 6.08. The largest absolute Gasteiger partial charge is 0.497 e. The van der Waals surface area contributed by atoms with Crippen LogP contribution in [0.5, 0.6) is 5.75 Å². The number of alkyl halides is 1. The molecule has 0 N–H and O–H groups in total. The molecule has 1 aliphatic rings. The summed E-state index contributed by atoms with van der Waals surface area (Å²) in [7, 11) is 1.68. The first-order chi connectivity index (χ1) is 7.79. The quantitative estimate of drug-likeness (QED) is 0.754. The molecule has 1 aromatic rings. The molecule has 1 aromatic carbocycles. The Labute approximate surface area is 102 Å². The lowest BCUT2D eigenvalue weighted by molar-refractivity contribution is 0.185. The van der Waals surface area contributed by atoms with Gasteiger partial charge in [0.1, 0.15) is 5.75 Å². The Bertz CT molecular complexity index is 334. The third-order valence-corrected chi connectivity index (χ3v) is 3.55. The Balaban J connectivity index is 1.96. The number of benzene rings is 1. The molecule has 2 unspecified atom stereocenters. The highest BCUT2D eigenvalue weighted by Crippen LogP contribution is 2.25. The second-order valence-electron chi connectivity index (χ2n) is 4.20. The Morgan fingerprint density at radius 3 is 3.12 bits per heavy atom. The summed E-state index contributed by atoms with van der Waals surface area (Å²) in [5.74, 6) is 1.39. The summed E-state index contributed by atoms with van der Waals surface area (Å²) in [6.45, 7) is 1.66. The summed E-state index contributed by atoms with van der Waals surface area (Å²) in [6, 6.07) is 8.09. The lowest BCUT2D eigenvalue weighted by Crippen LogP contribution is -2.17. The lowest BCUT2D eigenvalue weighted by Gasteiger charge is -2.15. The first kappa shape index (κ1) is 11.7. The van der Waals surface area contributed by atoms with Gasteiger partial charge in [0.05, 0.1) is 13.7 Å². The van der Waals surface area contributed by atoms with Gasteiger partial charge in [-0.05, 0) is 30.5 Å². The fourth-order valence-corrected chi connectivity index (χ4v) is 2.41.